The number of aromatic nitrogens is 1. The van der Waals surface area contributed by atoms with Gasteiger partial charge in [-0.1, -0.05) is 25.1 Å². The van der Waals surface area contributed by atoms with Crippen molar-refractivity contribution in [2.24, 2.45) is 7.05 Å². The lowest BCUT2D eigenvalue weighted by Gasteiger charge is -2.32. The third-order valence-corrected chi connectivity index (χ3v) is 4.55. The minimum atomic E-state index is 0.0437. The van der Waals surface area contributed by atoms with Crippen molar-refractivity contribution in [2.45, 2.75) is 25.8 Å². The van der Waals surface area contributed by atoms with Gasteiger partial charge in [0, 0.05) is 43.3 Å². The van der Waals surface area contributed by atoms with Gasteiger partial charge in [0.2, 0.25) is 0 Å². The highest BCUT2D eigenvalue weighted by Gasteiger charge is 2.18. The van der Waals surface area contributed by atoms with Crippen LogP contribution in [0.1, 0.15) is 19.8 Å². The van der Waals surface area contributed by atoms with Gasteiger partial charge >= 0.3 is 0 Å². The molecule has 0 bridgehead atoms. The van der Waals surface area contributed by atoms with Gasteiger partial charge < -0.3 is 14.8 Å². The summed E-state index contributed by atoms with van der Waals surface area (Å²) in [6.45, 7) is 5.61. The Morgan fingerprint density at radius 1 is 1.24 bits per heavy atom. The lowest BCUT2D eigenvalue weighted by Crippen LogP contribution is -2.39. The molecule has 2 aromatic rings. The van der Waals surface area contributed by atoms with Gasteiger partial charge in [-0.2, -0.15) is 0 Å². The summed E-state index contributed by atoms with van der Waals surface area (Å²) in [7, 11) is 1.83. The molecule has 4 nitrogen and oxygen atoms in total. The Balaban J connectivity index is 1.88. The first-order valence-electron chi connectivity index (χ1n) is 7.76. The van der Waals surface area contributed by atoms with Crippen LogP contribution in [0, 0.1) is 0 Å². The van der Waals surface area contributed by atoms with Crippen molar-refractivity contribution in [3.05, 3.63) is 40.7 Å². The highest BCUT2D eigenvalue weighted by molar-refractivity contribution is 5.91. The van der Waals surface area contributed by atoms with Crippen LogP contribution in [0.25, 0.3) is 10.9 Å². The second kappa shape index (κ2) is 5.90. The fourth-order valence-corrected chi connectivity index (χ4v) is 3.14. The van der Waals surface area contributed by atoms with E-state index in [1.54, 1.807) is 10.6 Å². The van der Waals surface area contributed by atoms with Gasteiger partial charge in [-0.25, -0.2) is 0 Å². The van der Waals surface area contributed by atoms with E-state index in [-0.39, 0.29) is 5.56 Å². The number of nitrogens with zero attached hydrogens (tertiary/aromatic N) is 2. The molecule has 1 aliphatic heterocycles. The van der Waals surface area contributed by atoms with Crippen LogP contribution in [-0.4, -0.2) is 35.1 Å². The first-order chi connectivity index (χ1) is 10.2. The van der Waals surface area contributed by atoms with Crippen molar-refractivity contribution >= 4 is 16.6 Å². The standard InChI is InChI=1S/C17H23N3O/c1-3-20-10-8-13(9-11-20)18-15-12-17(21)19(2)16-7-5-4-6-14(15)16/h4-7,12-13,18H,3,8-11H2,1-2H3. The molecule has 1 N–H and O–H groups in total. The lowest BCUT2D eigenvalue weighted by molar-refractivity contribution is 0.229. The Labute approximate surface area is 125 Å². The normalized spacial score (nSPS) is 17.2. The van der Waals surface area contributed by atoms with E-state index in [9.17, 15) is 4.79 Å². The van der Waals surface area contributed by atoms with Gasteiger partial charge in [-0.15, -0.1) is 0 Å². The van der Waals surface area contributed by atoms with Gasteiger partial charge in [-0.3, -0.25) is 4.79 Å². The molecule has 0 aliphatic carbocycles. The van der Waals surface area contributed by atoms with E-state index in [0.717, 1.165) is 49.1 Å². The topological polar surface area (TPSA) is 37.3 Å². The first kappa shape index (κ1) is 14.1. The van der Waals surface area contributed by atoms with Gasteiger partial charge in [0.1, 0.15) is 0 Å². The van der Waals surface area contributed by atoms with E-state index >= 15 is 0 Å². The zero-order chi connectivity index (χ0) is 14.8. The predicted molar refractivity (Wildman–Crippen MR) is 87.9 cm³/mol. The number of hydrogen-bond acceptors (Lipinski definition) is 3. The molecule has 1 aliphatic rings. The molecule has 2 heterocycles. The smallest absolute Gasteiger partial charge is 0.252 e. The summed E-state index contributed by atoms with van der Waals surface area (Å²) in [5.74, 6) is 0. The number of likely N-dealkylation sites (tertiary alicyclic amines) is 1. The monoisotopic (exact) mass is 285 g/mol. The Kier molecular flexibility index (Phi) is 3.97. The van der Waals surface area contributed by atoms with Crippen LogP contribution >= 0.6 is 0 Å². The number of aryl methyl sites for hydroxylation is 1. The molecule has 1 saturated heterocycles. The van der Waals surface area contributed by atoms with Gasteiger partial charge in [0.25, 0.3) is 5.56 Å². The Morgan fingerprint density at radius 2 is 1.95 bits per heavy atom. The molecule has 4 heteroatoms. The molecule has 0 radical (unpaired) electrons. The largest absolute Gasteiger partial charge is 0.382 e. The van der Waals surface area contributed by atoms with Gasteiger partial charge in [0.15, 0.2) is 0 Å². The van der Waals surface area contributed by atoms with E-state index in [1.165, 1.54) is 0 Å². The summed E-state index contributed by atoms with van der Waals surface area (Å²) in [6.07, 6.45) is 2.27. The molecule has 1 fully saturated rings. The molecule has 0 atom stereocenters. The van der Waals surface area contributed by atoms with E-state index < -0.39 is 0 Å². The molecule has 0 saturated carbocycles. The predicted octanol–water partition coefficient (Wildman–Crippen LogP) is 2.43. The van der Waals surface area contributed by atoms with Crippen LogP contribution < -0.4 is 10.9 Å². The third kappa shape index (κ3) is 2.81. The lowest BCUT2D eigenvalue weighted by atomic mass is 10.0. The third-order valence-electron chi connectivity index (χ3n) is 4.55. The van der Waals surface area contributed by atoms with Crippen molar-refractivity contribution in [3.63, 3.8) is 0 Å². The Bertz CT molecular complexity index is 684. The van der Waals surface area contributed by atoms with Crippen molar-refractivity contribution < 1.29 is 0 Å². The van der Waals surface area contributed by atoms with Crippen LogP contribution in [-0.2, 0) is 7.05 Å². The maximum absolute atomic E-state index is 12.1. The van der Waals surface area contributed by atoms with Crippen molar-refractivity contribution in [1.29, 1.82) is 0 Å². The summed E-state index contributed by atoms with van der Waals surface area (Å²) in [5, 5.41) is 4.72. The molecule has 1 aromatic carbocycles. The average molecular weight is 285 g/mol. The summed E-state index contributed by atoms with van der Waals surface area (Å²) in [5.41, 5.74) is 2.00. The van der Waals surface area contributed by atoms with Crippen molar-refractivity contribution in [3.8, 4) is 0 Å². The highest BCUT2D eigenvalue weighted by atomic mass is 16.1. The highest BCUT2D eigenvalue weighted by Crippen LogP contribution is 2.23. The summed E-state index contributed by atoms with van der Waals surface area (Å²) in [6, 6.07) is 10.3. The SMILES string of the molecule is CCN1CCC(Nc2cc(=O)n(C)c3ccccc23)CC1. The number of anilines is 1. The molecule has 21 heavy (non-hydrogen) atoms. The van der Waals surface area contributed by atoms with Crippen LogP contribution in [0.15, 0.2) is 35.1 Å². The maximum Gasteiger partial charge on any atom is 0.252 e. The number of nitrogens with one attached hydrogen (secondary N) is 1. The minimum Gasteiger partial charge on any atom is -0.382 e. The summed E-state index contributed by atoms with van der Waals surface area (Å²) in [4.78, 5) is 14.6. The average Bonchev–Trinajstić information content (AvgIpc) is 2.53. The van der Waals surface area contributed by atoms with Crippen LogP contribution in [0.2, 0.25) is 0 Å². The number of para-hydroxylation sites is 1. The second-order valence-corrected chi connectivity index (χ2v) is 5.83. The van der Waals surface area contributed by atoms with E-state index in [2.05, 4.69) is 23.2 Å². The van der Waals surface area contributed by atoms with Crippen molar-refractivity contribution in [1.82, 2.24) is 9.47 Å². The Morgan fingerprint density at radius 3 is 2.67 bits per heavy atom. The van der Waals surface area contributed by atoms with Crippen LogP contribution in [0.4, 0.5) is 5.69 Å². The first-order valence-corrected chi connectivity index (χ1v) is 7.76. The number of rotatable bonds is 3. The fraction of sp³-hybridized carbons (Fsp3) is 0.471. The van der Waals surface area contributed by atoms with Gasteiger partial charge in [0.05, 0.1) is 5.52 Å². The zero-order valence-corrected chi connectivity index (χ0v) is 12.8. The molecule has 1 aromatic heterocycles. The molecule has 0 unspecified atom stereocenters. The number of hydrogen-bond donors (Lipinski definition) is 1. The van der Waals surface area contributed by atoms with Crippen molar-refractivity contribution in [2.75, 3.05) is 25.0 Å². The zero-order valence-electron chi connectivity index (χ0n) is 12.8. The quantitative estimate of drug-likeness (QED) is 0.941. The van der Waals surface area contributed by atoms with E-state index in [1.807, 2.05) is 25.2 Å². The summed E-state index contributed by atoms with van der Waals surface area (Å²) < 4.78 is 1.71. The molecule has 0 amide bonds. The Hall–Kier alpha value is -1.81. The number of fused-ring (bicyclic) bond motifs is 1. The van der Waals surface area contributed by atoms with Crippen LogP contribution in [0.5, 0.6) is 0 Å². The molecular formula is C17H23N3O. The fourth-order valence-electron chi connectivity index (χ4n) is 3.14. The number of piperidine rings is 1. The molecular weight excluding hydrogens is 262 g/mol. The number of benzene rings is 1. The van der Waals surface area contributed by atoms with E-state index in [4.69, 9.17) is 0 Å². The minimum absolute atomic E-state index is 0.0437. The molecule has 0 spiro atoms. The molecule has 3 rings (SSSR count). The maximum atomic E-state index is 12.1. The van der Waals surface area contributed by atoms with Gasteiger partial charge in [-0.05, 0) is 25.5 Å². The molecule has 112 valence electrons. The van der Waals surface area contributed by atoms with E-state index in [0.29, 0.717) is 6.04 Å². The van der Waals surface area contributed by atoms with Crippen LogP contribution in [0.3, 0.4) is 0 Å². The summed E-state index contributed by atoms with van der Waals surface area (Å²) >= 11 is 0. The number of pyridine rings is 1. The second-order valence-electron chi connectivity index (χ2n) is 5.83.